The highest BCUT2D eigenvalue weighted by atomic mass is 35.5. The number of hydrogen-bond donors (Lipinski definition) is 1. The largest absolute Gasteiger partial charge is 0.454 e. The summed E-state index contributed by atoms with van der Waals surface area (Å²) in [7, 11) is 0. The molecule has 1 N–H and O–H groups in total. The van der Waals surface area contributed by atoms with E-state index in [0.29, 0.717) is 56.3 Å². The molecule has 2 aromatic carbocycles. The van der Waals surface area contributed by atoms with Crippen molar-refractivity contribution in [3.63, 3.8) is 0 Å². The fourth-order valence-electron chi connectivity index (χ4n) is 3.50. The van der Waals surface area contributed by atoms with Gasteiger partial charge in [0, 0.05) is 44.8 Å². The smallest absolute Gasteiger partial charge is 0.258 e. The zero-order chi connectivity index (χ0) is 21.1. The molecule has 1 fully saturated rings. The first-order valence-corrected chi connectivity index (χ1v) is 10.0. The average molecular weight is 434 g/mol. The summed E-state index contributed by atoms with van der Waals surface area (Å²) >= 11 is 6.00. The third kappa shape index (κ3) is 4.34. The van der Waals surface area contributed by atoms with Crippen LogP contribution in [0.4, 0.5) is 4.39 Å². The van der Waals surface area contributed by atoms with Crippen LogP contribution in [0.15, 0.2) is 36.4 Å². The van der Waals surface area contributed by atoms with Gasteiger partial charge in [0.1, 0.15) is 5.82 Å². The van der Waals surface area contributed by atoms with Crippen molar-refractivity contribution < 1.29 is 23.5 Å². The van der Waals surface area contributed by atoms with E-state index in [2.05, 4.69) is 10.2 Å². The molecule has 0 aromatic heterocycles. The number of nitrogens with one attached hydrogen (secondary N) is 1. The monoisotopic (exact) mass is 433 g/mol. The molecule has 0 atom stereocenters. The maximum absolute atomic E-state index is 14.0. The van der Waals surface area contributed by atoms with Gasteiger partial charge in [0.25, 0.3) is 11.8 Å². The number of carbonyl (C=O) groups is 2. The molecule has 0 spiro atoms. The minimum absolute atomic E-state index is 0.0800. The van der Waals surface area contributed by atoms with E-state index >= 15 is 0 Å². The Hall–Kier alpha value is -2.84. The summed E-state index contributed by atoms with van der Waals surface area (Å²) in [5.74, 6) is 0.0142. The van der Waals surface area contributed by atoms with Gasteiger partial charge in [0.05, 0.1) is 10.6 Å². The molecular weight excluding hydrogens is 413 g/mol. The van der Waals surface area contributed by atoms with Crippen LogP contribution in [0.1, 0.15) is 20.7 Å². The standard InChI is InChI=1S/C21H21ClFN3O4/c22-15-2-1-3-16(23)19(15)21(28)26-10-8-25(9-11-26)7-6-24-20(27)14-4-5-17-18(12-14)30-13-29-17/h1-5,12H,6-11,13H2,(H,24,27). The first-order chi connectivity index (χ1) is 14.5. The lowest BCUT2D eigenvalue weighted by Crippen LogP contribution is -2.50. The lowest BCUT2D eigenvalue weighted by molar-refractivity contribution is 0.0633. The van der Waals surface area contributed by atoms with Crippen molar-refractivity contribution in [2.75, 3.05) is 46.1 Å². The molecule has 2 aliphatic rings. The Labute approximate surface area is 178 Å². The van der Waals surface area contributed by atoms with Gasteiger partial charge in [-0.2, -0.15) is 0 Å². The predicted octanol–water partition coefficient (Wildman–Crippen LogP) is 2.40. The van der Waals surface area contributed by atoms with Crippen LogP contribution in [0, 0.1) is 5.82 Å². The highest BCUT2D eigenvalue weighted by Gasteiger charge is 2.25. The molecule has 2 heterocycles. The lowest BCUT2D eigenvalue weighted by Gasteiger charge is -2.35. The molecule has 0 unspecified atom stereocenters. The number of hydrogen-bond acceptors (Lipinski definition) is 5. The maximum atomic E-state index is 14.0. The van der Waals surface area contributed by atoms with Gasteiger partial charge < -0.3 is 19.7 Å². The number of benzene rings is 2. The van der Waals surface area contributed by atoms with Gasteiger partial charge in [-0.3, -0.25) is 14.5 Å². The van der Waals surface area contributed by atoms with Gasteiger partial charge in [0.15, 0.2) is 11.5 Å². The van der Waals surface area contributed by atoms with Crippen molar-refractivity contribution in [3.8, 4) is 11.5 Å². The summed E-state index contributed by atoms with van der Waals surface area (Å²) in [6.45, 7) is 3.51. The van der Waals surface area contributed by atoms with Crippen molar-refractivity contribution in [1.29, 1.82) is 0 Å². The zero-order valence-electron chi connectivity index (χ0n) is 16.2. The van der Waals surface area contributed by atoms with Crippen molar-refractivity contribution >= 4 is 23.4 Å². The highest BCUT2D eigenvalue weighted by molar-refractivity contribution is 6.33. The number of fused-ring (bicyclic) bond motifs is 1. The van der Waals surface area contributed by atoms with E-state index in [1.807, 2.05) is 0 Å². The topological polar surface area (TPSA) is 71.1 Å². The number of ether oxygens (including phenoxy) is 2. The Bertz CT molecular complexity index is 943. The van der Waals surface area contributed by atoms with Gasteiger partial charge in [0.2, 0.25) is 6.79 Å². The van der Waals surface area contributed by atoms with Gasteiger partial charge in [-0.15, -0.1) is 0 Å². The molecule has 1 saturated heterocycles. The summed E-state index contributed by atoms with van der Waals surface area (Å²) in [4.78, 5) is 28.7. The van der Waals surface area contributed by atoms with Crippen molar-refractivity contribution in [1.82, 2.24) is 15.1 Å². The van der Waals surface area contributed by atoms with E-state index in [0.717, 1.165) is 0 Å². The third-order valence-corrected chi connectivity index (χ3v) is 5.50. The van der Waals surface area contributed by atoms with Crippen LogP contribution in [0.5, 0.6) is 11.5 Å². The minimum Gasteiger partial charge on any atom is -0.454 e. The van der Waals surface area contributed by atoms with Gasteiger partial charge >= 0.3 is 0 Å². The number of carbonyl (C=O) groups excluding carboxylic acids is 2. The molecule has 30 heavy (non-hydrogen) atoms. The first-order valence-electron chi connectivity index (χ1n) is 9.66. The Morgan fingerprint density at radius 2 is 1.83 bits per heavy atom. The zero-order valence-corrected chi connectivity index (χ0v) is 17.0. The maximum Gasteiger partial charge on any atom is 0.258 e. The van der Waals surface area contributed by atoms with E-state index < -0.39 is 11.7 Å². The third-order valence-electron chi connectivity index (χ3n) is 5.18. The summed E-state index contributed by atoms with van der Waals surface area (Å²) < 4.78 is 24.5. The van der Waals surface area contributed by atoms with Crippen LogP contribution in [-0.4, -0.2) is 67.7 Å². The molecule has 0 bridgehead atoms. The van der Waals surface area contributed by atoms with Crippen LogP contribution in [-0.2, 0) is 0 Å². The minimum atomic E-state index is -0.610. The molecule has 7 nitrogen and oxygen atoms in total. The molecule has 4 rings (SSSR count). The summed E-state index contributed by atoms with van der Waals surface area (Å²) in [6.07, 6.45) is 0. The SMILES string of the molecule is O=C(NCCN1CCN(C(=O)c2c(F)cccc2Cl)CC1)c1ccc2c(c1)OCO2. The summed E-state index contributed by atoms with van der Waals surface area (Å²) in [6, 6.07) is 9.30. The summed E-state index contributed by atoms with van der Waals surface area (Å²) in [5, 5.41) is 3.01. The van der Waals surface area contributed by atoms with Crippen LogP contribution < -0.4 is 14.8 Å². The fraction of sp³-hybridized carbons (Fsp3) is 0.333. The number of nitrogens with zero attached hydrogens (tertiary/aromatic N) is 2. The second-order valence-electron chi connectivity index (χ2n) is 7.05. The Morgan fingerprint density at radius 1 is 1.07 bits per heavy atom. The first kappa shape index (κ1) is 20.4. The molecular formula is C21H21ClFN3O4. The summed E-state index contributed by atoms with van der Waals surface area (Å²) in [5.41, 5.74) is 0.431. The lowest BCUT2D eigenvalue weighted by atomic mass is 10.1. The van der Waals surface area contributed by atoms with Crippen LogP contribution in [0.2, 0.25) is 5.02 Å². The normalized spacial score (nSPS) is 15.9. The number of rotatable bonds is 5. The molecule has 2 aliphatic heterocycles. The molecule has 9 heteroatoms. The van der Waals surface area contributed by atoms with Crippen molar-refractivity contribution in [2.24, 2.45) is 0 Å². The van der Waals surface area contributed by atoms with Gasteiger partial charge in [-0.1, -0.05) is 17.7 Å². The second kappa shape index (κ2) is 8.89. The van der Waals surface area contributed by atoms with E-state index in [9.17, 15) is 14.0 Å². The predicted molar refractivity (Wildman–Crippen MR) is 109 cm³/mol. The molecule has 0 aliphatic carbocycles. The second-order valence-corrected chi connectivity index (χ2v) is 7.46. The van der Waals surface area contributed by atoms with E-state index in [4.69, 9.17) is 21.1 Å². The molecule has 0 saturated carbocycles. The average Bonchev–Trinajstić information content (AvgIpc) is 3.22. The molecule has 2 aromatic rings. The van der Waals surface area contributed by atoms with Crippen molar-refractivity contribution in [3.05, 3.63) is 58.4 Å². The van der Waals surface area contributed by atoms with Crippen LogP contribution in [0.25, 0.3) is 0 Å². The van der Waals surface area contributed by atoms with Gasteiger partial charge in [-0.25, -0.2) is 4.39 Å². The van der Waals surface area contributed by atoms with E-state index in [1.54, 1.807) is 23.1 Å². The van der Waals surface area contributed by atoms with E-state index in [1.165, 1.54) is 18.2 Å². The van der Waals surface area contributed by atoms with Crippen molar-refractivity contribution in [2.45, 2.75) is 0 Å². The quantitative estimate of drug-likeness (QED) is 0.784. The Balaban J connectivity index is 1.23. The highest BCUT2D eigenvalue weighted by Crippen LogP contribution is 2.32. The Kier molecular flexibility index (Phi) is 6.06. The van der Waals surface area contributed by atoms with Crippen LogP contribution >= 0.6 is 11.6 Å². The number of halogens is 2. The fourth-order valence-corrected chi connectivity index (χ4v) is 3.75. The molecule has 158 valence electrons. The molecule has 0 radical (unpaired) electrons. The number of piperazine rings is 1. The van der Waals surface area contributed by atoms with Gasteiger partial charge in [-0.05, 0) is 30.3 Å². The molecule has 2 amide bonds. The van der Waals surface area contributed by atoms with E-state index in [-0.39, 0.29) is 23.3 Å². The Morgan fingerprint density at radius 3 is 2.60 bits per heavy atom. The van der Waals surface area contributed by atoms with Crippen LogP contribution in [0.3, 0.4) is 0 Å². The number of amides is 2.